The molecular formula is C20H17NO4. The van der Waals surface area contributed by atoms with Gasteiger partial charge in [-0.05, 0) is 17.2 Å². The first-order valence-electron chi connectivity index (χ1n) is 7.80. The Balaban J connectivity index is 1.73. The Bertz CT molecular complexity index is 835. The molecule has 0 saturated carbocycles. The summed E-state index contributed by atoms with van der Waals surface area (Å²) in [6.07, 6.45) is 0. The van der Waals surface area contributed by atoms with Crippen LogP contribution >= 0.6 is 0 Å². The Hall–Kier alpha value is -3.34. The molecule has 0 atom stereocenters. The molecule has 0 amide bonds. The van der Waals surface area contributed by atoms with Gasteiger partial charge in [0.2, 0.25) is 11.8 Å². The number of nitrogens with zero attached hydrogens (tertiary/aromatic N) is 1. The van der Waals surface area contributed by atoms with E-state index in [9.17, 15) is 9.90 Å². The molecule has 0 unspecified atom stereocenters. The van der Waals surface area contributed by atoms with E-state index in [1.807, 2.05) is 60.7 Å². The maximum absolute atomic E-state index is 11.4. The second kappa shape index (κ2) is 7.97. The molecule has 0 bridgehead atoms. The van der Waals surface area contributed by atoms with Gasteiger partial charge in [0.15, 0.2) is 0 Å². The molecule has 0 saturated heterocycles. The SMILES string of the molecule is O=C(O)c1ccc(OCc2ccccc2)nc1OCc1ccccc1. The number of benzene rings is 2. The zero-order valence-electron chi connectivity index (χ0n) is 13.5. The van der Waals surface area contributed by atoms with Crippen molar-refractivity contribution in [2.24, 2.45) is 0 Å². The Labute approximate surface area is 145 Å². The quantitative estimate of drug-likeness (QED) is 0.708. The highest BCUT2D eigenvalue weighted by Crippen LogP contribution is 2.22. The van der Waals surface area contributed by atoms with Crippen LogP contribution in [-0.2, 0) is 13.2 Å². The molecule has 0 aliphatic heterocycles. The van der Waals surface area contributed by atoms with Gasteiger partial charge < -0.3 is 14.6 Å². The van der Waals surface area contributed by atoms with E-state index in [0.717, 1.165) is 11.1 Å². The molecule has 0 spiro atoms. The number of rotatable bonds is 7. The normalized spacial score (nSPS) is 10.2. The van der Waals surface area contributed by atoms with Crippen LogP contribution in [0.1, 0.15) is 21.5 Å². The van der Waals surface area contributed by atoms with Gasteiger partial charge >= 0.3 is 5.97 Å². The number of carboxylic acids is 1. The first-order valence-corrected chi connectivity index (χ1v) is 7.80. The minimum Gasteiger partial charge on any atom is -0.477 e. The smallest absolute Gasteiger partial charge is 0.341 e. The molecule has 5 heteroatoms. The minimum absolute atomic E-state index is 0.00277. The van der Waals surface area contributed by atoms with E-state index in [4.69, 9.17) is 9.47 Å². The largest absolute Gasteiger partial charge is 0.477 e. The van der Waals surface area contributed by atoms with Crippen LogP contribution in [0.15, 0.2) is 72.8 Å². The summed E-state index contributed by atoms with van der Waals surface area (Å²) < 4.78 is 11.2. The molecule has 2 aromatic carbocycles. The lowest BCUT2D eigenvalue weighted by Crippen LogP contribution is -2.07. The van der Waals surface area contributed by atoms with Gasteiger partial charge in [-0.3, -0.25) is 0 Å². The first-order chi connectivity index (χ1) is 12.2. The fourth-order valence-electron chi connectivity index (χ4n) is 2.23. The predicted octanol–water partition coefficient (Wildman–Crippen LogP) is 3.94. The second-order valence-electron chi connectivity index (χ2n) is 5.36. The van der Waals surface area contributed by atoms with Gasteiger partial charge in [-0.15, -0.1) is 0 Å². The molecule has 0 radical (unpaired) electrons. The van der Waals surface area contributed by atoms with Gasteiger partial charge in [0.1, 0.15) is 18.8 Å². The van der Waals surface area contributed by atoms with Crippen LogP contribution in [0.5, 0.6) is 11.8 Å². The highest BCUT2D eigenvalue weighted by Gasteiger charge is 2.15. The van der Waals surface area contributed by atoms with E-state index >= 15 is 0 Å². The third-order valence-electron chi connectivity index (χ3n) is 3.51. The van der Waals surface area contributed by atoms with Crippen molar-refractivity contribution in [3.8, 4) is 11.8 Å². The van der Waals surface area contributed by atoms with E-state index in [1.165, 1.54) is 12.1 Å². The van der Waals surface area contributed by atoms with Crippen LogP contribution in [0, 0.1) is 0 Å². The van der Waals surface area contributed by atoms with Gasteiger partial charge in [-0.25, -0.2) is 4.79 Å². The summed E-state index contributed by atoms with van der Waals surface area (Å²) in [5.74, 6) is -0.732. The van der Waals surface area contributed by atoms with Crippen molar-refractivity contribution in [3.05, 3.63) is 89.5 Å². The Morgan fingerprint density at radius 2 is 1.36 bits per heavy atom. The standard InChI is InChI=1S/C20H17NO4/c22-20(23)17-11-12-18(24-13-15-7-3-1-4-8-15)21-19(17)25-14-16-9-5-2-6-10-16/h1-12H,13-14H2,(H,22,23). The van der Waals surface area contributed by atoms with Crippen LogP contribution in [0.4, 0.5) is 0 Å². The van der Waals surface area contributed by atoms with Gasteiger partial charge in [-0.2, -0.15) is 4.98 Å². The summed E-state index contributed by atoms with van der Waals surface area (Å²) in [6.45, 7) is 0.578. The summed E-state index contributed by atoms with van der Waals surface area (Å²) in [5.41, 5.74) is 1.93. The number of aromatic nitrogens is 1. The third-order valence-corrected chi connectivity index (χ3v) is 3.51. The van der Waals surface area contributed by atoms with E-state index in [-0.39, 0.29) is 18.1 Å². The molecule has 0 aliphatic rings. The molecule has 1 heterocycles. The lowest BCUT2D eigenvalue weighted by molar-refractivity contribution is 0.0690. The molecule has 3 rings (SSSR count). The average molecular weight is 335 g/mol. The second-order valence-corrected chi connectivity index (χ2v) is 5.36. The maximum atomic E-state index is 11.4. The number of ether oxygens (including phenoxy) is 2. The lowest BCUT2D eigenvalue weighted by atomic mass is 10.2. The molecule has 1 aromatic heterocycles. The van der Waals surface area contributed by atoms with E-state index in [1.54, 1.807) is 0 Å². The Morgan fingerprint density at radius 3 is 1.92 bits per heavy atom. The fourth-order valence-corrected chi connectivity index (χ4v) is 2.23. The number of aromatic carboxylic acids is 1. The lowest BCUT2D eigenvalue weighted by Gasteiger charge is -2.11. The van der Waals surface area contributed by atoms with Crippen molar-refractivity contribution >= 4 is 5.97 Å². The number of hydrogen-bond acceptors (Lipinski definition) is 4. The molecular weight excluding hydrogens is 318 g/mol. The highest BCUT2D eigenvalue weighted by molar-refractivity contribution is 5.90. The van der Waals surface area contributed by atoms with Crippen LogP contribution in [-0.4, -0.2) is 16.1 Å². The third kappa shape index (κ3) is 4.57. The monoisotopic (exact) mass is 335 g/mol. The van der Waals surface area contributed by atoms with E-state index < -0.39 is 5.97 Å². The molecule has 0 aliphatic carbocycles. The van der Waals surface area contributed by atoms with Crippen LogP contribution < -0.4 is 9.47 Å². The zero-order valence-corrected chi connectivity index (χ0v) is 13.5. The topological polar surface area (TPSA) is 68.7 Å². The first kappa shape index (κ1) is 16.5. The minimum atomic E-state index is -1.09. The average Bonchev–Trinajstić information content (AvgIpc) is 2.66. The van der Waals surface area contributed by atoms with Crippen molar-refractivity contribution in [1.82, 2.24) is 4.98 Å². The molecule has 126 valence electrons. The van der Waals surface area contributed by atoms with Crippen LogP contribution in [0.3, 0.4) is 0 Å². The van der Waals surface area contributed by atoms with Gasteiger partial charge in [-0.1, -0.05) is 60.7 Å². The summed E-state index contributed by atoms with van der Waals surface area (Å²) in [7, 11) is 0. The van der Waals surface area contributed by atoms with Crippen molar-refractivity contribution < 1.29 is 19.4 Å². The van der Waals surface area contributed by atoms with Crippen molar-refractivity contribution in [2.45, 2.75) is 13.2 Å². The summed E-state index contributed by atoms with van der Waals surface area (Å²) >= 11 is 0. The van der Waals surface area contributed by atoms with Gasteiger partial charge in [0.25, 0.3) is 0 Å². The zero-order chi connectivity index (χ0) is 17.5. The van der Waals surface area contributed by atoms with Gasteiger partial charge in [0, 0.05) is 6.07 Å². The predicted molar refractivity (Wildman–Crippen MR) is 92.7 cm³/mol. The van der Waals surface area contributed by atoms with Gasteiger partial charge in [0.05, 0.1) is 0 Å². The molecule has 1 N–H and O–H groups in total. The number of carbonyl (C=O) groups is 1. The summed E-state index contributed by atoms with van der Waals surface area (Å²) in [5, 5.41) is 9.30. The Kier molecular flexibility index (Phi) is 5.26. The van der Waals surface area contributed by atoms with Crippen LogP contribution in [0.25, 0.3) is 0 Å². The molecule has 3 aromatic rings. The molecule has 25 heavy (non-hydrogen) atoms. The maximum Gasteiger partial charge on any atom is 0.341 e. The van der Waals surface area contributed by atoms with Crippen LogP contribution in [0.2, 0.25) is 0 Å². The van der Waals surface area contributed by atoms with Crippen molar-refractivity contribution in [2.75, 3.05) is 0 Å². The highest BCUT2D eigenvalue weighted by atomic mass is 16.5. The number of carboxylic acid groups (broad SMARTS) is 1. The number of pyridine rings is 1. The Morgan fingerprint density at radius 1 is 0.800 bits per heavy atom. The fraction of sp³-hybridized carbons (Fsp3) is 0.100. The van der Waals surface area contributed by atoms with E-state index in [0.29, 0.717) is 12.5 Å². The molecule has 5 nitrogen and oxygen atoms in total. The molecule has 0 fully saturated rings. The van der Waals surface area contributed by atoms with Crippen molar-refractivity contribution in [1.29, 1.82) is 0 Å². The number of hydrogen-bond donors (Lipinski definition) is 1. The van der Waals surface area contributed by atoms with E-state index in [2.05, 4.69) is 4.98 Å². The summed E-state index contributed by atoms with van der Waals surface area (Å²) in [4.78, 5) is 15.6. The summed E-state index contributed by atoms with van der Waals surface area (Å²) in [6, 6.07) is 22.1. The van der Waals surface area contributed by atoms with Crippen molar-refractivity contribution in [3.63, 3.8) is 0 Å².